The fourth-order valence-corrected chi connectivity index (χ4v) is 1.48. The molecular formula is C10H13Cl2Mg2O3P. The Balaban J connectivity index is -0.000000245. The van der Waals surface area contributed by atoms with E-state index in [1.807, 2.05) is 12.1 Å². The van der Waals surface area contributed by atoms with Crippen molar-refractivity contribution in [1.82, 2.24) is 0 Å². The van der Waals surface area contributed by atoms with E-state index in [2.05, 4.69) is 11.4 Å². The summed E-state index contributed by atoms with van der Waals surface area (Å²) in [5.41, 5.74) is 1.21. The summed E-state index contributed by atoms with van der Waals surface area (Å²) in [5.74, 6) is 0.376. The number of rotatable bonds is 5. The second-order valence-electron chi connectivity index (χ2n) is 3.06. The fourth-order valence-electron chi connectivity index (χ4n) is 1.18. The molecule has 0 heterocycles. The van der Waals surface area contributed by atoms with Crippen LogP contribution in [0.1, 0.15) is 25.3 Å². The quantitative estimate of drug-likeness (QED) is 0.400. The summed E-state index contributed by atoms with van der Waals surface area (Å²) < 4.78 is 4.53. The van der Waals surface area contributed by atoms with Crippen LogP contribution in [-0.2, 0) is 6.42 Å². The van der Waals surface area contributed by atoms with Crippen molar-refractivity contribution in [1.29, 1.82) is 0 Å². The van der Waals surface area contributed by atoms with Gasteiger partial charge in [-0.3, -0.25) is 0 Å². The van der Waals surface area contributed by atoms with E-state index in [4.69, 9.17) is 0 Å². The summed E-state index contributed by atoms with van der Waals surface area (Å²) in [5, 5.41) is 0. The van der Waals surface area contributed by atoms with Gasteiger partial charge in [-0.2, -0.15) is 0 Å². The average Bonchev–Trinajstić information content (AvgIpc) is 2.16. The molecule has 0 radical (unpaired) electrons. The Bertz CT molecular complexity index is 276. The zero-order chi connectivity index (χ0) is 10.4. The van der Waals surface area contributed by atoms with E-state index < -0.39 is 8.60 Å². The Morgan fingerprint density at radius 3 is 1.94 bits per heavy atom. The van der Waals surface area contributed by atoms with E-state index in [0.29, 0.717) is 5.75 Å². The van der Waals surface area contributed by atoms with E-state index in [9.17, 15) is 9.79 Å². The molecular weight excluding hydrogens is 319 g/mol. The van der Waals surface area contributed by atoms with Gasteiger partial charge in [-0.15, -0.1) is 0 Å². The van der Waals surface area contributed by atoms with Crippen LogP contribution in [0.3, 0.4) is 0 Å². The normalized spacial score (nSPS) is 8.22. The van der Waals surface area contributed by atoms with Crippen LogP contribution in [-0.4, -0.2) is 46.1 Å². The first-order valence-corrected chi connectivity index (χ1v) is 5.73. The van der Waals surface area contributed by atoms with Crippen molar-refractivity contribution >= 4 is 54.7 Å². The second-order valence-corrected chi connectivity index (χ2v) is 3.69. The topological polar surface area (TPSA) is 55.3 Å². The standard InChI is InChI=1S/C10H13O3P.2ClH.2Mg/c1-2-3-4-9-5-7-10(8-6-9)13-14(11)12;;;;/h5-8H,2-4H2,1H3;2*1H;;/q-2;;;2*+2/p-2. The summed E-state index contributed by atoms with van der Waals surface area (Å²) in [6, 6.07) is 7.14. The van der Waals surface area contributed by atoms with Gasteiger partial charge in [0.2, 0.25) is 0 Å². The van der Waals surface area contributed by atoms with Gasteiger partial charge in [0, 0.05) is 0 Å². The predicted molar refractivity (Wildman–Crippen MR) is 64.1 cm³/mol. The van der Waals surface area contributed by atoms with Gasteiger partial charge in [-0.1, -0.05) is 34.1 Å². The summed E-state index contributed by atoms with van der Waals surface area (Å²) in [6.45, 7) is 2.14. The van der Waals surface area contributed by atoms with Crippen LogP contribution in [0.15, 0.2) is 24.3 Å². The molecule has 0 atom stereocenters. The molecule has 0 amide bonds. The Hall–Kier alpha value is 1.48. The minimum Gasteiger partial charge on any atom is -1.00 e. The minimum absolute atomic E-state index is 0. The number of benzene rings is 1. The molecule has 0 aliphatic carbocycles. The Labute approximate surface area is 154 Å². The van der Waals surface area contributed by atoms with Gasteiger partial charge in [0.05, 0.1) is 0 Å². The van der Waals surface area contributed by atoms with Crippen LogP contribution in [0, 0.1) is 0 Å². The van der Waals surface area contributed by atoms with E-state index in [1.54, 1.807) is 12.1 Å². The summed E-state index contributed by atoms with van der Waals surface area (Å²) >= 11 is 0. The van der Waals surface area contributed by atoms with Gasteiger partial charge >= 0.3 is 46.1 Å². The van der Waals surface area contributed by atoms with Crippen LogP contribution in [0.4, 0.5) is 0 Å². The van der Waals surface area contributed by atoms with Crippen molar-refractivity contribution in [2.24, 2.45) is 0 Å². The molecule has 18 heavy (non-hydrogen) atoms. The van der Waals surface area contributed by atoms with E-state index in [1.165, 1.54) is 5.56 Å². The molecule has 8 heteroatoms. The molecule has 0 aromatic heterocycles. The zero-order valence-corrected chi connectivity index (χ0v) is 15.5. The van der Waals surface area contributed by atoms with Crippen LogP contribution < -0.4 is 39.1 Å². The molecule has 94 valence electrons. The molecule has 0 unspecified atom stereocenters. The molecule has 0 fully saturated rings. The molecule has 0 aliphatic rings. The molecule has 1 rings (SSSR count). The van der Waals surface area contributed by atoms with Gasteiger partial charge in [0.1, 0.15) is 5.75 Å². The van der Waals surface area contributed by atoms with Crippen molar-refractivity contribution in [2.45, 2.75) is 26.2 Å². The maximum Gasteiger partial charge on any atom is 2.00 e. The molecule has 0 bridgehead atoms. The number of hydrogen-bond acceptors (Lipinski definition) is 3. The first-order valence-electron chi connectivity index (χ1n) is 4.63. The molecule has 0 aliphatic heterocycles. The van der Waals surface area contributed by atoms with Crippen molar-refractivity contribution in [3.05, 3.63) is 29.8 Å². The largest absolute Gasteiger partial charge is 2.00 e. The number of unbranched alkanes of at least 4 members (excludes halogenated alkanes) is 1. The van der Waals surface area contributed by atoms with Gasteiger partial charge < -0.3 is 39.1 Å². The summed E-state index contributed by atoms with van der Waals surface area (Å²) in [6.07, 6.45) is 3.33. The van der Waals surface area contributed by atoms with Crippen molar-refractivity contribution in [3.63, 3.8) is 0 Å². The molecule has 0 saturated carbocycles. The molecule has 1 aromatic carbocycles. The Kier molecular flexibility index (Phi) is 25.5. The van der Waals surface area contributed by atoms with Crippen molar-refractivity contribution in [2.75, 3.05) is 0 Å². The monoisotopic (exact) mass is 330 g/mol. The minimum atomic E-state index is -2.80. The Morgan fingerprint density at radius 2 is 1.56 bits per heavy atom. The molecule has 1 aromatic rings. The third-order valence-corrected chi connectivity index (χ3v) is 2.28. The fraction of sp³-hybridized carbons (Fsp3) is 0.400. The van der Waals surface area contributed by atoms with Gasteiger partial charge in [0.25, 0.3) is 0 Å². The second kappa shape index (κ2) is 16.5. The molecule has 0 N–H and O–H groups in total. The number of hydrogen-bond donors (Lipinski definition) is 0. The van der Waals surface area contributed by atoms with Crippen LogP contribution in [0.2, 0.25) is 0 Å². The maximum atomic E-state index is 10.2. The molecule has 0 spiro atoms. The maximum absolute atomic E-state index is 10.2. The number of aryl methyl sites for hydroxylation is 1. The summed E-state index contributed by atoms with van der Waals surface area (Å²) in [7, 11) is -2.80. The SMILES string of the molecule is CCCCc1ccc(OP([O-])[O-])cc1.[Cl-].[Cl-].[Mg+2].[Mg+2]. The third-order valence-electron chi connectivity index (χ3n) is 1.92. The predicted octanol–water partition coefficient (Wildman–Crippen LogP) is -5.40. The average molecular weight is 332 g/mol. The van der Waals surface area contributed by atoms with Crippen molar-refractivity contribution < 1.29 is 39.1 Å². The third kappa shape index (κ3) is 12.5. The number of halogens is 2. The van der Waals surface area contributed by atoms with Gasteiger partial charge in [-0.25, -0.2) is 0 Å². The van der Waals surface area contributed by atoms with Crippen LogP contribution >= 0.6 is 8.60 Å². The van der Waals surface area contributed by atoms with E-state index >= 15 is 0 Å². The smallest absolute Gasteiger partial charge is 1.00 e. The molecule has 3 nitrogen and oxygen atoms in total. The molecule has 0 saturated heterocycles. The van der Waals surface area contributed by atoms with Gasteiger partial charge in [-0.05, 0) is 30.5 Å². The van der Waals surface area contributed by atoms with E-state index in [-0.39, 0.29) is 70.9 Å². The van der Waals surface area contributed by atoms with E-state index in [0.717, 1.165) is 19.3 Å². The van der Waals surface area contributed by atoms with Crippen molar-refractivity contribution in [3.8, 4) is 5.75 Å². The zero-order valence-electron chi connectivity index (χ0n) is 10.3. The van der Waals surface area contributed by atoms with Crippen LogP contribution in [0.25, 0.3) is 0 Å². The first kappa shape index (κ1) is 27.8. The Morgan fingerprint density at radius 1 is 1.06 bits per heavy atom. The first-order chi connectivity index (χ1) is 6.72. The van der Waals surface area contributed by atoms with Crippen LogP contribution in [0.5, 0.6) is 5.75 Å². The summed E-state index contributed by atoms with van der Waals surface area (Å²) in [4.78, 5) is 20.5. The van der Waals surface area contributed by atoms with Gasteiger partial charge in [0.15, 0.2) is 0 Å².